The smallest absolute Gasteiger partial charge is 0.221 e. The molecule has 32 heavy (non-hydrogen) atoms. The van der Waals surface area contributed by atoms with Crippen molar-refractivity contribution in [3.05, 3.63) is 35.0 Å². The van der Waals surface area contributed by atoms with Crippen molar-refractivity contribution in [2.75, 3.05) is 31.9 Å². The third kappa shape index (κ3) is 5.11. The molecule has 9 nitrogen and oxygen atoms in total. The van der Waals surface area contributed by atoms with Crippen LogP contribution in [0.15, 0.2) is 18.3 Å². The van der Waals surface area contributed by atoms with E-state index in [4.69, 9.17) is 11.6 Å². The van der Waals surface area contributed by atoms with Gasteiger partial charge in [-0.15, -0.1) is 0 Å². The number of piperidine rings is 1. The fourth-order valence-corrected chi connectivity index (χ4v) is 5.90. The third-order valence-electron chi connectivity index (χ3n) is 6.02. The van der Waals surface area contributed by atoms with E-state index in [1.165, 1.54) is 16.4 Å². The Morgan fingerprint density at radius 3 is 2.78 bits per heavy atom. The molecule has 1 amide bonds. The first-order valence-electron chi connectivity index (χ1n) is 10.6. The summed E-state index contributed by atoms with van der Waals surface area (Å²) >= 11 is 6.37. The summed E-state index contributed by atoms with van der Waals surface area (Å²) in [6.07, 6.45) is 1.63. The van der Waals surface area contributed by atoms with E-state index in [9.17, 15) is 17.6 Å². The molecule has 2 fully saturated rings. The lowest BCUT2D eigenvalue weighted by Crippen LogP contribution is -2.57. The first kappa shape index (κ1) is 23.1. The summed E-state index contributed by atoms with van der Waals surface area (Å²) in [5, 5.41) is 6.18. The number of sulfonamides is 1. The largest absolute Gasteiger partial charge is 0.351 e. The van der Waals surface area contributed by atoms with Crippen LogP contribution in [0.3, 0.4) is 0 Å². The Labute approximate surface area is 191 Å². The number of nitrogens with zero attached hydrogens (tertiary/aromatic N) is 3. The highest BCUT2D eigenvalue weighted by molar-refractivity contribution is 7.89. The molecule has 2 aliphatic rings. The fourth-order valence-electron chi connectivity index (χ4n) is 4.08. The number of aromatic amines is 1. The van der Waals surface area contributed by atoms with E-state index < -0.39 is 15.8 Å². The number of hydrogen-bond donors (Lipinski definition) is 3. The molecular formula is C20H26ClFN6O3S. The lowest BCUT2D eigenvalue weighted by molar-refractivity contribution is -0.121. The summed E-state index contributed by atoms with van der Waals surface area (Å²) in [6, 6.07) is 2.91. The van der Waals surface area contributed by atoms with Crippen molar-refractivity contribution in [2.24, 2.45) is 5.92 Å². The van der Waals surface area contributed by atoms with Crippen LogP contribution >= 0.6 is 11.6 Å². The summed E-state index contributed by atoms with van der Waals surface area (Å²) < 4.78 is 40.2. The van der Waals surface area contributed by atoms with Gasteiger partial charge in [-0.3, -0.25) is 4.79 Å². The van der Waals surface area contributed by atoms with Gasteiger partial charge >= 0.3 is 0 Å². The quantitative estimate of drug-likeness (QED) is 0.547. The second-order valence-corrected chi connectivity index (χ2v) is 10.8. The van der Waals surface area contributed by atoms with Gasteiger partial charge in [0.15, 0.2) is 11.0 Å². The maximum Gasteiger partial charge on any atom is 0.221 e. The summed E-state index contributed by atoms with van der Waals surface area (Å²) in [7, 11) is -3.54. The molecule has 0 spiro atoms. The lowest BCUT2D eigenvalue weighted by atomic mass is 9.86. The van der Waals surface area contributed by atoms with Gasteiger partial charge in [0, 0.05) is 38.5 Å². The monoisotopic (exact) mass is 484 g/mol. The zero-order valence-corrected chi connectivity index (χ0v) is 19.2. The number of aromatic nitrogens is 3. The molecule has 0 aliphatic carbocycles. The molecular weight excluding hydrogens is 459 g/mol. The van der Waals surface area contributed by atoms with Gasteiger partial charge in [-0.2, -0.15) is 0 Å². The topological polar surface area (TPSA) is 120 Å². The SMILES string of the molecule is C[C@H]1CN(S(=O)(=O)CCC(=O)NC2CNC2)CC[C@H]1c1[nH]c(-c2ccc(F)cn2)nc1Cl. The van der Waals surface area contributed by atoms with Gasteiger partial charge in [0.05, 0.1) is 23.7 Å². The minimum absolute atomic E-state index is 0.00920. The third-order valence-corrected chi connectivity index (χ3v) is 8.15. The van der Waals surface area contributed by atoms with E-state index in [1.807, 2.05) is 6.92 Å². The number of rotatable bonds is 7. The minimum atomic E-state index is -3.54. The van der Waals surface area contributed by atoms with Crippen molar-refractivity contribution < 1.29 is 17.6 Å². The maximum absolute atomic E-state index is 13.1. The predicted octanol–water partition coefficient (Wildman–Crippen LogP) is 1.50. The van der Waals surface area contributed by atoms with Crippen LogP contribution in [0.25, 0.3) is 11.5 Å². The van der Waals surface area contributed by atoms with Gasteiger partial charge in [-0.05, 0) is 24.5 Å². The van der Waals surface area contributed by atoms with Gasteiger partial charge < -0.3 is 15.6 Å². The molecule has 12 heteroatoms. The molecule has 4 heterocycles. The van der Waals surface area contributed by atoms with Gasteiger partial charge in [0.2, 0.25) is 15.9 Å². The highest BCUT2D eigenvalue weighted by Crippen LogP contribution is 2.37. The number of halogens is 2. The standard InChI is InChI=1S/C20H26ClFN6O3S/c1-12-11-28(32(30,31)7-5-17(29)25-14-9-23-10-14)6-4-15(12)18-19(21)27-20(26-18)16-3-2-13(22)8-24-16/h2-3,8,12,14-15,23H,4-7,9-11H2,1H3,(H,25,29)(H,26,27)/t12-,15+/m0/s1. The molecule has 2 aromatic heterocycles. The first-order chi connectivity index (χ1) is 15.2. The normalized spacial score (nSPS) is 22.5. The van der Waals surface area contributed by atoms with Crippen LogP contribution in [-0.2, 0) is 14.8 Å². The Morgan fingerprint density at radius 2 is 2.16 bits per heavy atom. The Balaban J connectivity index is 1.37. The van der Waals surface area contributed by atoms with Gasteiger partial charge in [0.1, 0.15) is 11.5 Å². The van der Waals surface area contributed by atoms with Gasteiger partial charge in [-0.25, -0.2) is 27.1 Å². The van der Waals surface area contributed by atoms with Gasteiger partial charge in [-0.1, -0.05) is 18.5 Å². The summed E-state index contributed by atoms with van der Waals surface area (Å²) in [5.41, 5.74) is 1.20. The van der Waals surface area contributed by atoms with Crippen LogP contribution < -0.4 is 10.6 Å². The molecule has 0 unspecified atom stereocenters. The zero-order chi connectivity index (χ0) is 22.9. The number of pyridine rings is 1. The van der Waals surface area contributed by atoms with Crippen molar-refractivity contribution in [1.29, 1.82) is 0 Å². The molecule has 4 rings (SSSR count). The van der Waals surface area contributed by atoms with Crippen LogP contribution in [0.1, 0.15) is 31.4 Å². The molecule has 2 saturated heterocycles. The average Bonchev–Trinajstić information content (AvgIpc) is 3.11. The second-order valence-electron chi connectivity index (χ2n) is 8.37. The Bertz CT molecular complexity index is 1070. The summed E-state index contributed by atoms with van der Waals surface area (Å²) in [4.78, 5) is 23.5. The van der Waals surface area contributed by atoms with E-state index in [1.54, 1.807) is 0 Å². The number of hydrogen-bond acceptors (Lipinski definition) is 6. The molecule has 0 aromatic carbocycles. The Kier molecular flexibility index (Phi) is 6.80. The van der Waals surface area contributed by atoms with Crippen molar-refractivity contribution in [3.8, 4) is 11.5 Å². The van der Waals surface area contributed by atoms with E-state index in [-0.39, 0.29) is 36.0 Å². The number of carbonyl (C=O) groups is 1. The van der Waals surface area contributed by atoms with E-state index in [0.717, 1.165) is 25.0 Å². The van der Waals surface area contributed by atoms with Crippen molar-refractivity contribution in [3.63, 3.8) is 0 Å². The van der Waals surface area contributed by atoms with Crippen LogP contribution in [-0.4, -0.2) is 71.6 Å². The maximum atomic E-state index is 13.1. The van der Waals surface area contributed by atoms with Crippen LogP contribution in [0.4, 0.5) is 4.39 Å². The van der Waals surface area contributed by atoms with Crippen molar-refractivity contribution in [1.82, 2.24) is 29.9 Å². The van der Waals surface area contributed by atoms with Crippen LogP contribution in [0, 0.1) is 11.7 Å². The minimum Gasteiger partial charge on any atom is -0.351 e. The number of amides is 1. The predicted molar refractivity (Wildman–Crippen MR) is 118 cm³/mol. The molecule has 0 bridgehead atoms. The number of H-pyrrole nitrogens is 1. The molecule has 0 radical (unpaired) electrons. The molecule has 3 N–H and O–H groups in total. The van der Waals surface area contributed by atoms with Crippen molar-refractivity contribution >= 4 is 27.5 Å². The van der Waals surface area contributed by atoms with Crippen LogP contribution in [0.2, 0.25) is 5.15 Å². The molecule has 0 saturated carbocycles. The van der Waals surface area contributed by atoms with E-state index >= 15 is 0 Å². The van der Waals surface area contributed by atoms with E-state index in [0.29, 0.717) is 36.2 Å². The summed E-state index contributed by atoms with van der Waals surface area (Å²) in [5.74, 6) is -0.465. The van der Waals surface area contributed by atoms with Crippen LogP contribution in [0.5, 0.6) is 0 Å². The zero-order valence-electron chi connectivity index (χ0n) is 17.6. The Hall–Kier alpha value is -2.08. The highest BCUT2D eigenvalue weighted by Gasteiger charge is 2.35. The highest BCUT2D eigenvalue weighted by atomic mass is 35.5. The summed E-state index contributed by atoms with van der Waals surface area (Å²) in [6.45, 7) is 4.08. The second kappa shape index (κ2) is 9.42. The number of carbonyl (C=O) groups excluding carboxylic acids is 1. The molecule has 174 valence electrons. The lowest BCUT2D eigenvalue weighted by Gasteiger charge is -2.35. The number of nitrogens with one attached hydrogen (secondary N) is 3. The molecule has 2 atom stereocenters. The van der Waals surface area contributed by atoms with Gasteiger partial charge in [0.25, 0.3) is 0 Å². The first-order valence-corrected chi connectivity index (χ1v) is 12.6. The molecule has 2 aromatic rings. The number of imidazole rings is 1. The van der Waals surface area contributed by atoms with Crippen molar-refractivity contribution in [2.45, 2.75) is 31.7 Å². The Morgan fingerprint density at radius 1 is 1.38 bits per heavy atom. The average molecular weight is 485 g/mol. The van der Waals surface area contributed by atoms with E-state index in [2.05, 4.69) is 25.6 Å². The fraction of sp³-hybridized carbons (Fsp3) is 0.550. The molecule has 2 aliphatic heterocycles.